The van der Waals surface area contributed by atoms with Gasteiger partial charge in [0.2, 0.25) is 5.91 Å². The van der Waals surface area contributed by atoms with Crippen molar-refractivity contribution < 1.29 is 53.8 Å². The standard InChI is InChI=1S/C29H29F9N2O3/c1-15(41)39(14-16-9-19(28(33,34)35)11-20(10-16)29(36,37)38)24-13-23(17-5-6-17)40(25(42)43-26(2,3)4)22-8-7-18(12-21(22)24)27(30,31)32/h7-12,17,23-24H,5-6,13-14H2,1-4H3/t23-,24-/m0/s1. The molecule has 14 heteroatoms. The van der Waals surface area contributed by atoms with Crippen molar-refractivity contribution in [3.63, 3.8) is 0 Å². The fourth-order valence-electron chi connectivity index (χ4n) is 5.33. The molecule has 1 heterocycles. The lowest BCUT2D eigenvalue weighted by molar-refractivity contribution is -0.143. The molecule has 5 nitrogen and oxygen atoms in total. The first-order valence-electron chi connectivity index (χ1n) is 13.3. The summed E-state index contributed by atoms with van der Waals surface area (Å²) in [4.78, 5) is 28.5. The first-order valence-corrected chi connectivity index (χ1v) is 13.3. The first kappa shape index (κ1) is 32.5. The second-order valence-corrected chi connectivity index (χ2v) is 11.8. The van der Waals surface area contributed by atoms with Gasteiger partial charge in [-0.25, -0.2) is 4.79 Å². The van der Waals surface area contributed by atoms with Crippen molar-refractivity contribution in [2.24, 2.45) is 5.92 Å². The van der Waals surface area contributed by atoms with Crippen LogP contribution >= 0.6 is 0 Å². The van der Waals surface area contributed by atoms with Gasteiger partial charge < -0.3 is 9.64 Å². The van der Waals surface area contributed by atoms with E-state index in [1.807, 2.05) is 0 Å². The van der Waals surface area contributed by atoms with E-state index in [0.717, 1.165) is 30.0 Å². The minimum atomic E-state index is -5.14. The van der Waals surface area contributed by atoms with Crippen LogP contribution in [0, 0.1) is 5.92 Å². The van der Waals surface area contributed by atoms with Crippen LogP contribution < -0.4 is 4.90 Å². The maximum Gasteiger partial charge on any atom is 0.416 e. The summed E-state index contributed by atoms with van der Waals surface area (Å²) in [6, 6.07) is 1.65. The van der Waals surface area contributed by atoms with E-state index in [1.165, 1.54) is 4.90 Å². The topological polar surface area (TPSA) is 49.9 Å². The van der Waals surface area contributed by atoms with E-state index in [0.29, 0.717) is 25.0 Å². The number of fused-ring (bicyclic) bond motifs is 1. The van der Waals surface area contributed by atoms with Crippen LogP contribution in [0.4, 0.5) is 50.0 Å². The van der Waals surface area contributed by atoms with Crippen LogP contribution in [0.25, 0.3) is 0 Å². The number of hydrogen-bond acceptors (Lipinski definition) is 3. The summed E-state index contributed by atoms with van der Waals surface area (Å²) in [5.41, 5.74) is -5.86. The Bertz CT molecular complexity index is 1360. The summed E-state index contributed by atoms with van der Waals surface area (Å²) in [5.74, 6) is -0.899. The van der Waals surface area contributed by atoms with Gasteiger partial charge >= 0.3 is 24.6 Å². The average molecular weight is 625 g/mol. The third-order valence-corrected chi connectivity index (χ3v) is 7.31. The number of anilines is 1. The Morgan fingerprint density at radius 3 is 1.81 bits per heavy atom. The maximum absolute atomic E-state index is 13.8. The lowest BCUT2D eigenvalue weighted by atomic mass is 9.86. The molecule has 1 aliphatic heterocycles. The van der Waals surface area contributed by atoms with Gasteiger partial charge in [0, 0.05) is 19.5 Å². The number of hydrogen-bond donors (Lipinski definition) is 0. The van der Waals surface area contributed by atoms with Gasteiger partial charge in [-0.05, 0) is 93.5 Å². The van der Waals surface area contributed by atoms with E-state index >= 15 is 0 Å². The largest absolute Gasteiger partial charge is 0.443 e. The van der Waals surface area contributed by atoms with Crippen LogP contribution in [0.15, 0.2) is 36.4 Å². The minimum absolute atomic E-state index is 0.0154. The Balaban J connectivity index is 1.86. The molecule has 4 rings (SSSR count). The third-order valence-electron chi connectivity index (χ3n) is 7.31. The Morgan fingerprint density at radius 1 is 0.837 bits per heavy atom. The number of amides is 2. The highest BCUT2D eigenvalue weighted by Gasteiger charge is 2.48. The Morgan fingerprint density at radius 2 is 1.37 bits per heavy atom. The van der Waals surface area contributed by atoms with Crippen molar-refractivity contribution >= 4 is 17.7 Å². The van der Waals surface area contributed by atoms with Crippen molar-refractivity contribution in [2.75, 3.05) is 4.90 Å². The molecule has 0 radical (unpaired) electrons. The molecule has 2 aromatic carbocycles. The summed E-state index contributed by atoms with van der Waals surface area (Å²) in [6.45, 7) is 5.10. The van der Waals surface area contributed by atoms with Gasteiger partial charge in [-0.1, -0.05) is 0 Å². The molecule has 0 saturated heterocycles. The second kappa shape index (κ2) is 10.9. The van der Waals surface area contributed by atoms with Crippen molar-refractivity contribution in [1.82, 2.24) is 4.90 Å². The van der Waals surface area contributed by atoms with Gasteiger partial charge in [0.1, 0.15) is 5.60 Å². The minimum Gasteiger partial charge on any atom is -0.443 e. The molecule has 1 fully saturated rings. The number of alkyl halides is 9. The van der Waals surface area contributed by atoms with Crippen LogP contribution in [0.2, 0.25) is 0 Å². The third kappa shape index (κ3) is 7.38. The van der Waals surface area contributed by atoms with Gasteiger partial charge in [0.25, 0.3) is 0 Å². The predicted molar refractivity (Wildman–Crippen MR) is 137 cm³/mol. The quantitative estimate of drug-likeness (QED) is 0.320. The van der Waals surface area contributed by atoms with E-state index in [1.54, 1.807) is 20.8 Å². The molecule has 2 amide bonds. The van der Waals surface area contributed by atoms with Crippen molar-refractivity contribution in [3.05, 3.63) is 64.2 Å². The molecular weight excluding hydrogens is 595 g/mol. The molecule has 2 aromatic rings. The van der Waals surface area contributed by atoms with Crippen LogP contribution in [-0.2, 0) is 34.6 Å². The Kier molecular flexibility index (Phi) is 8.24. The molecule has 2 atom stereocenters. The number of carbonyl (C=O) groups is 2. The second-order valence-electron chi connectivity index (χ2n) is 11.8. The summed E-state index contributed by atoms with van der Waals surface area (Å²) < 4.78 is 128. The Hall–Kier alpha value is -3.45. The fraction of sp³-hybridized carbons (Fsp3) is 0.517. The number of halogens is 9. The predicted octanol–water partition coefficient (Wildman–Crippen LogP) is 8.76. The van der Waals surface area contributed by atoms with Gasteiger partial charge in [-0.2, -0.15) is 39.5 Å². The van der Waals surface area contributed by atoms with Crippen LogP contribution in [0.3, 0.4) is 0 Å². The fourth-order valence-corrected chi connectivity index (χ4v) is 5.33. The normalized spacial score (nSPS) is 19.6. The number of carbonyl (C=O) groups excluding carboxylic acids is 2. The maximum atomic E-state index is 13.8. The lowest BCUT2D eigenvalue weighted by Crippen LogP contribution is -2.50. The molecule has 1 saturated carbocycles. The zero-order valence-corrected chi connectivity index (χ0v) is 23.5. The molecule has 236 valence electrons. The van der Waals surface area contributed by atoms with Gasteiger partial charge in [-0.15, -0.1) is 0 Å². The monoisotopic (exact) mass is 624 g/mol. The van der Waals surface area contributed by atoms with E-state index in [2.05, 4.69) is 0 Å². The zero-order valence-electron chi connectivity index (χ0n) is 23.5. The first-order chi connectivity index (χ1) is 19.6. The molecule has 0 N–H and O–H groups in total. The van der Waals surface area contributed by atoms with Crippen molar-refractivity contribution in [1.29, 1.82) is 0 Å². The molecule has 0 aromatic heterocycles. The number of rotatable bonds is 4. The van der Waals surface area contributed by atoms with E-state index in [4.69, 9.17) is 4.74 Å². The lowest BCUT2D eigenvalue weighted by Gasteiger charge is -2.45. The molecular formula is C29H29F9N2O3. The van der Waals surface area contributed by atoms with Gasteiger partial charge in [0.15, 0.2) is 0 Å². The summed E-state index contributed by atoms with van der Waals surface area (Å²) >= 11 is 0. The van der Waals surface area contributed by atoms with Crippen molar-refractivity contribution in [3.8, 4) is 0 Å². The number of nitrogens with zero attached hydrogens (tertiary/aromatic N) is 2. The SMILES string of the molecule is CC(=O)N(Cc1cc(C(F)(F)F)cc(C(F)(F)F)c1)[C@H]1C[C@@H](C2CC2)N(C(=O)OC(C)(C)C)c2ccc(C(F)(F)F)cc21. The van der Waals surface area contributed by atoms with Gasteiger partial charge in [0.05, 0.1) is 28.4 Å². The molecule has 0 unspecified atom stereocenters. The zero-order chi connectivity index (χ0) is 32.3. The van der Waals surface area contributed by atoms with E-state index in [-0.39, 0.29) is 29.7 Å². The number of benzene rings is 2. The highest BCUT2D eigenvalue weighted by Crippen LogP contribution is 2.50. The molecule has 43 heavy (non-hydrogen) atoms. The molecule has 1 aliphatic carbocycles. The average Bonchev–Trinajstić information content (AvgIpc) is 3.68. The van der Waals surface area contributed by atoms with E-state index in [9.17, 15) is 49.1 Å². The van der Waals surface area contributed by atoms with Crippen LogP contribution in [0.5, 0.6) is 0 Å². The highest BCUT2D eigenvalue weighted by molar-refractivity contribution is 5.91. The molecule has 0 bridgehead atoms. The highest BCUT2D eigenvalue weighted by atomic mass is 19.4. The summed E-state index contributed by atoms with van der Waals surface area (Å²) in [6.07, 6.45) is -14.7. The van der Waals surface area contributed by atoms with Crippen LogP contribution in [0.1, 0.15) is 80.8 Å². The summed E-state index contributed by atoms with van der Waals surface area (Å²) in [7, 11) is 0. The smallest absolute Gasteiger partial charge is 0.416 e. The van der Waals surface area contributed by atoms with Crippen LogP contribution in [-0.4, -0.2) is 28.5 Å². The Labute approximate surface area is 241 Å². The molecule has 2 aliphatic rings. The number of ether oxygens (including phenoxy) is 1. The van der Waals surface area contributed by atoms with E-state index < -0.39 is 77.0 Å². The van der Waals surface area contributed by atoms with Crippen molar-refractivity contribution in [2.45, 2.75) is 89.7 Å². The van der Waals surface area contributed by atoms with Gasteiger partial charge in [-0.3, -0.25) is 9.69 Å². The summed E-state index contributed by atoms with van der Waals surface area (Å²) in [5, 5.41) is 0. The molecule has 0 spiro atoms.